The number of rotatable bonds is 3. The topological polar surface area (TPSA) is 83.1 Å². The molecular weight excluding hydrogens is 306 g/mol. The van der Waals surface area contributed by atoms with Gasteiger partial charge in [0.2, 0.25) is 5.88 Å². The van der Waals surface area contributed by atoms with Crippen molar-refractivity contribution in [2.75, 3.05) is 43.1 Å². The van der Waals surface area contributed by atoms with Crippen molar-refractivity contribution in [3.63, 3.8) is 0 Å². The number of nitrogens with one attached hydrogen (secondary N) is 1. The van der Waals surface area contributed by atoms with Crippen LogP contribution in [-0.2, 0) is 0 Å². The third-order valence-corrected chi connectivity index (χ3v) is 4.27. The maximum Gasteiger partial charge on any atom is 0.218 e. The molecule has 1 fully saturated rings. The Bertz CT molecular complexity index is 855. The number of H-pyrrole nitrogens is 1. The Kier molecular flexibility index (Phi) is 3.64. The average molecular weight is 325 g/mol. The molecule has 0 spiro atoms. The fraction of sp³-hybridized carbons (Fsp3) is 0.375. The van der Waals surface area contributed by atoms with Crippen LogP contribution in [0.25, 0.3) is 11.0 Å². The number of piperazine rings is 1. The van der Waals surface area contributed by atoms with Crippen molar-refractivity contribution in [1.29, 1.82) is 0 Å². The zero-order valence-corrected chi connectivity index (χ0v) is 13.7. The smallest absolute Gasteiger partial charge is 0.218 e. The molecule has 8 heteroatoms. The summed E-state index contributed by atoms with van der Waals surface area (Å²) < 4.78 is 5.18. The second-order valence-corrected chi connectivity index (χ2v) is 5.80. The lowest BCUT2D eigenvalue weighted by Crippen LogP contribution is -2.47. The first kappa shape index (κ1) is 14.7. The van der Waals surface area contributed by atoms with Crippen molar-refractivity contribution >= 4 is 22.7 Å². The number of hydrogen-bond acceptors (Lipinski definition) is 7. The molecule has 4 heterocycles. The Hall–Kier alpha value is -2.90. The average Bonchev–Trinajstić information content (AvgIpc) is 3.02. The zero-order chi connectivity index (χ0) is 16.5. The molecule has 24 heavy (non-hydrogen) atoms. The molecule has 0 amide bonds. The van der Waals surface area contributed by atoms with E-state index in [1.165, 1.54) is 6.33 Å². The summed E-state index contributed by atoms with van der Waals surface area (Å²) >= 11 is 0. The Morgan fingerprint density at radius 1 is 0.958 bits per heavy atom. The van der Waals surface area contributed by atoms with Gasteiger partial charge in [0.05, 0.1) is 12.6 Å². The first-order valence-corrected chi connectivity index (χ1v) is 7.91. The van der Waals surface area contributed by atoms with Crippen LogP contribution in [0.4, 0.5) is 11.6 Å². The van der Waals surface area contributed by atoms with Crippen LogP contribution >= 0.6 is 0 Å². The molecule has 1 N–H and O–H groups in total. The molecule has 4 rings (SSSR count). The molecule has 0 atom stereocenters. The lowest BCUT2D eigenvalue weighted by Gasteiger charge is -2.36. The van der Waals surface area contributed by atoms with Gasteiger partial charge >= 0.3 is 0 Å². The van der Waals surface area contributed by atoms with Gasteiger partial charge in [-0.25, -0.2) is 19.9 Å². The number of nitrogens with zero attached hydrogens (tertiary/aromatic N) is 6. The summed E-state index contributed by atoms with van der Waals surface area (Å²) in [5.74, 6) is 2.44. The maximum atomic E-state index is 5.18. The Morgan fingerprint density at radius 3 is 2.50 bits per heavy atom. The van der Waals surface area contributed by atoms with Crippen molar-refractivity contribution in [2.24, 2.45) is 0 Å². The SMILES string of the molecule is COc1cc(N2CCN(c3ncnc4cc(C)[nH]c34)CC2)ncn1. The summed E-state index contributed by atoms with van der Waals surface area (Å²) in [6.07, 6.45) is 3.17. The fourth-order valence-corrected chi connectivity index (χ4v) is 3.06. The number of ether oxygens (including phenoxy) is 1. The molecule has 8 nitrogen and oxygen atoms in total. The van der Waals surface area contributed by atoms with Crippen molar-refractivity contribution < 1.29 is 4.74 Å². The highest BCUT2D eigenvalue weighted by Crippen LogP contribution is 2.25. The highest BCUT2D eigenvalue weighted by Gasteiger charge is 2.21. The summed E-state index contributed by atoms with van der Waals surface area (Å²) in [5.41, 5.74) is 3.06. The van der Waals surface area contributed by atoms with Crippen LogP contribution < -0.4 is 14.5 Å². The predicted octanol–water partition coefficient (Wildman–Crippen LogP) is 1.39. The van der Waals surface area contributed by atoms with E-state index in [2.05, 4.69) is 34.7 Å². The van der Waals surface area contributed by atoms with Gasteiger partial charge in [-0.3, -0.25) is 0 Å². The van der Waals surface area contributed by atoms with Crippen LogP contribution in [0, 0.1) is 6.92 Å². The third kappa shape index (κ3) is 2.60. The summed E-state index contributed by atoms with van der Waals surface area (Å²) in [5, 5.41) is 0. The maximum absolute atomic E-state index is 5.18. The monoisotopic (exact) mass is 325 g/mol. The van der Waals surface area contributed by atoms with Gasteiger partial charge in [-0.15, -0.1) is 0 Å². The van der Waals surface area contributed by atoms with Gasteiger partial charge in [-0.05, 0) is 13.0 Å². The number of aryl methyl sites for hydroxylation is 1. The van der Waals surface area contributed by atoms with E-state index >= 15 is 0 Å². The number of hydrogen-bond donors (Lipinski definition) is 1. The summed E-state index contributed by atoms with van der Waals surface area (Å²) in [4.78, 5) is 25.1. The van der Waals surface area contributed by atoms with Crippen LogP contribution in [0.3, 0.4) is 0 Å². The Morgan fingerprint density at radius 2 is 1.71 bits per heavy atom. The van der Waals surface area contributed by atoms with Crippen molar-refractivity contribution in [3.05, 3.63) is 30.5 Å². The first-order chi connectivity index (χ1) is 11.7. The molecule has 0 radical (unpaired) electrons. The van der Waals surface area contributed by atoms with Crippen molar-refractivity contribution in [2.45, 2.75) is 6.92 Å². The summed E-state index contributed by atoms with van der Waals surface area (Å²) in [7, 11) is 1.61. The highest BCUT2D eigenvalue weighted by molar-refractivity contribution is 5.86. The first-order valence-electron chi connectivity index (χ1n) is 7.91. The van der Waals surface area contributed by atoms with E-state index in [0.717, 1.165) is 54.5 Å². The molecule has 0 bridgehead atoms. The van der Waals surface area contributed by atoms with Crippen molar-refractivity contribution in [3.8, 4) is 5.88 Å². The van der Waals surface area contributed by atoms with Gasteiger partial charge in [0, 0.05) is 37.9 Å². The van der Waals surface area contributed by atoms with Gasteiger partial charge < -0.3 is 19.5 Å². The molecule has 1 aliphatic rings. The van der Waals surface area contributed by atoms with Gasteiger partial charge in [0.1, 0.15) is 24.0 Å². The van der Waals surface area contributed by atoms with Crippen molar-refractivity contribution in [1.82, 2.24) is 24.9 Å². The minimum atomic E-state index is 0.585. The number of aromatic nitrogens is 5. The molecule has 1 saturated heterocycles. The van der Waals surface area contributed by atoms with Gasteiger partial charge in [-0.2, -0.15) is 0 Å². The molecule has 124 valence electrons. The van der Waals surface area contributed by atoms with E-state index in [1.54, 1.807) is 13.4 Å². The van der Waals surface area contributed by atoms with E-state index in [-0.39, 0.29) is 0 Å². The standard InChI is InChI=1S/C16H19N7O/c1-11-7-12-15(21-11)16(20-9-17-12)23-5-3-22(4-6-23)13-8-14(24-2)19-10-18-13/h7-10,21H,3-6H2,1-2H3. The van der Waals surface area contributed by atoms with Gasteiger partial charge in [0.15, 0.2) is 5.82 Å². The molecule has 1 aliphatic heterocycles. The van der Waals surface area contributed by atoms with Crippen LogP contribution in [0.5, 0.6) is 5.88 Å². The zero-order valence-electron chi connectivity index (χ0n) is 13.7. The minimum absolute atomic E-state index is 0.585. The largest absolute Gasteiger partial charge is 0.481 e. The molecule has 3 aromatic rings. The molecular formula is C16H19N7O. The summed E-state index contributed by atoms with van der Waals surface area (Å²) in [6, 6.07) is 3.91. The quantitative estimate of drug-likeness (QED) is 0.779. The van der Waals surface area contributed by atoms with Crippen LogP contribution in [0.2, 0.25) is 0 Å². The minimum Gasteiger partial charge on any atom is -0.481 e. The fourth-order valence-electron chi connectivity index (χ4n) is 3.06. The van der Waals surface area contributed by atoms with E-state index in [0.29, 0.717) is 5.88 Å². The lowest BCUT2D eigenvalue weighted by atomic mass is 10.3. The van der Waals surface area contributed by atoms with Gasteiger partial charge in [0.25, 0.3) is 0 Å². The van der Waals surface area contributed by atoms with E-state index < -0.39 is 0 Å². The molecule has 0 aromatic carbocycles. The van der Waals surface area contributed by atoms with E-state index in [9.17, 15) is 0 Å². The normalized spacial score (nSPS) is 15.1. The number of aromatic amines is 1. The second-order valence-electron chi connectivity index (χ2n) is 5.80. The van der Waals surface area contributed by atoms with E-state index in [4.69, 9.17) is 4.74 Å². The van der Waals surface area contributed by atoms with Crippen LogP contribution in [0.1, 0.15) is 5.69 Å². The summed E-state index contributed by atoms with van der Waals surface area (Å²) in [6.45, 7) is 5.51. The van der Waals surface area contributed by atoms with E-state index in [1.807, 2.05) is 19.1 Å². The second kappa shape index (κ2) is 5.95. The number of methoxy groups -OCH3 is 1. The number of fused-ring (bicyclic) bond motifs is 1. The van der Waals surface area contributed by atoms with Crippen LogP contribution in [-0.4, -0.2) is 58.2 Å². The molecule has 3 aromatic heterocycles. The lowest BCUT2D eigenvalue weighted by molar-refractivity contribution is 0.396. The molecule has 0 unspecified atom stereocenters. The Balaban J connectivity index is 1.53. The molecule has 0 saturated carbocycles. The van der Waals surface area contributed by atoms with Crippen LogP contribution in [0.15, 0.2) is 24.8 Å². The Labute approximate surface area is 139 Å². The highest BCUT2D eigenvalue weighted by atomic mass is 16.5. The third-order valence-electron chi connectivity index (χ3n) is 4.27. The molecule has 0 aliphatic carbocycles. The number of anilines is 2. The predicted molar refractivity (Wildman–Crippen MR) is 91.6 cm³/mol. The van der Waals surface area contributed by atoms with Gasteiger partial charge in [-0.1, -0.05) is 0 Å².